The van der Waals surface area contributed by atoms with E-state index in [1.807, 2.05) is 0 Å². The zero-order valence-electron chi connectivity index (χ0n) is 14.5. The van der Waals surface area contributed by atoms with E-state index in [9.17, 15) is 13.2 Å². The van der Waals surface area contributed by atoms with E-state index in [0.29, 0.717) is 14.8 Å². The van der Waals surface area contributed by atoms with Crippen LogP contribution in [0, 0.1) is 0 Å². The third kappa shape index (κ3) is 4.67. The van der Waals surface area contributed by atoms with Gasteiger partial charge in [-0.25, -0.2) is 0 Å². The zero-order valence-corrected chi connectivity index (χ0v) is 17.7. The van der Waals surface area contributed by atoms with Crippen molar-refractivity contribution in [3.05, 3.63) is 58.0 Å². The monoisotopic (exact) mass is 455 g/mol. The topological polar surface area (TPSA) is 81.7 Å². The highest BCUT2D eigenvalue weighted by Crippen LogP contribution is 2.39. The fourth-order valence-corrected chi connectivity index (χ4v) is 4.66. The van der Waals surface area contributed by atoms with Gasteiger partial charge in [-0.15, -0.1) is 0 Å². The van der Waals surface area contributed by atoms with Crippen LogP contribution in [0.25, 0.3) is 6.08 Å². The second-order valence-electron chi connectivity index (χ2n) is 5.47. The molecule has 28 heavy (non-hydrogen) atoms. The maximum atomic E-state index is 12.5. The molecule has 1 amide bonds. The summed E-state index contributed by atoms with van der Waals surface area (Å²) in [6, 6.07) is 10.7. The van der Waals surface area contributed by atoms with Crippen LogP contribution in [0.1, 0.15) is 12.5 Å². The molecule has 2 aromatic rings. The quantitative estimate of drug-likeness (QED) is 0.400. The molecule has 0 bridgehead atoms. The van der Waals surface area contributed by atoms with Crippen LogP contribution >= 0.6 is 35.6 Å². The molecule has 0 aliphatic carbocycles. The molecule has 1 N–H and O–H groups in total. The Labute approximate surface area is 177 Å². The van der Waals surface area contributed by atoms with Gasteiger partial charge in [-0.1, -0.05) is 53.8 Å². The maximum absolute atomic E-state index is 12.5. The second-order valence-corrected chi connectivity index (χ2v) is 9.14. The molecular formula is C18H14ClNO5S3. The Morgan fingerprint density at radius 3 is 2.57 bits per heavy atom. The molecule has 1 saturated heterocycles. The Bertz CT molecular complexity index is 1070. The van der Waals surface area contributed by atoms with Crippen LogP contribution in [0.3, 0.4) is 0 Å². The number of thioether (sulfide) groups is 1. The molecule has 146 valence electrons. The summed E-state index contributed by atoms with van der Waals surface area (Å²) >= 11 is 12.4. The van der Waals surface area contributed by atoms with Crippen molar-refractivity contribution in [1.82, 2.24) is 5.32 Å². The summed E-state index contributed by atoms with van der Waals surface area (Å²) < 4.78 is 36.2. The Hall–Kier alpha value is -2.07. The third-order valence-corrected chi connectivity index (χ3v) is 6.18. The van der Waals surface area contributed by atoms with E-state index in [0.717, 1.165) is 11.8 Å². The molecule has 1 fully saturated rings. The number of hydrogen-bond acceptors (Lipinski definition) is 7. The first-order chi connectivity index (χ1) is 13.3. The van der Waals surface area contributed by atoms with Gasteiger partial charge in [0.05, 0.1) is 16.5 Å². The lowest BCUT2D eigenvalue weighted by molar-refractivity contribution is -0.115. The van der Waals surface area contributed by atoms with Gasteiger partial charge in [0, 0.05) is 0 Å². The van der Waals surface area contributed by atoms with E-state index in [1.54, 1.807) is 37.3 Å². The average Bonchev–Trinajstić information content (AvgIpc) is 2.96. The van der Waals surface area contributed by atoms with Gasteiger partial charge in [-0.3, -0.25) is 4.79 Å². The molecule has 1 heterocycles. The molecule has 10 heteroatoms. The summed E-state index contributed by atoms with van der Waals surface area (Å²) in [5, 5.41) is 2.55. The van der Waals surface area contributed by atoms with Crippen molar-refractivity contribution in [2.45, 2.75) is 11.8 Å². The number of halogens is 1. The molecule has 0 atom stereocenters. The Balaban J connectivity index is 1.99. The van der Waals surface area contributed by atoms with Crippen LogP contribution in [0.15, 0.2) is 52.3 Å². The van der Waals surface area contributed by atoms with Crippen LogP contribution in [0.5, 0.6) is 11.5 Å². The van der Waals surface area contributed by atoms with Crippen molar-refractivity contribution < 1.29 is 22.1 Å². The summed E-state index contributed by atoms with van der Waals surface area (Å²) in [6.45, 7) is 2.00. The van der Waals surface area contributed by atoms with Gasteiger partial charge >= 0.3 is 10.1 Å². The molecule has 1 aliphatic rings. The van der Waals surface area contributed by atoms with Gasteiger partial charge < -0.3 is 14.2 Å². The first-order valence-corrected chi connectivity index (χ1v) is 11.0. The predicted octanol–water partition coefficient (Wildman–Crippen LogP) is 4.00. The van der Waals surface area contributed by atoms with E-state index in [2.05, 4.69) is 5.32 Å². The number of thiocarbonyl (C=S) groups is 1. The highest BCUT2D eigenvalue weighted by atomic mass is 35.5. The van der Waals surface area contributed by atoms with Crippen molar-refractivity contribution in [2.24, 2.45) is 0 Å². The number of carbonyl (C=O) groups is 1. The van der Waals surface area contributed by atoms with E-state index in [1.165, 1.54) is 18.2 Å². The van der Waals surface area contributed by atoms with Crippen LogP contribution in [-0.4, -0.2) is 25.3 Å². The fraction of sp³-hybridized carbons (Fsp3) is 0.111. The average molecular weight is 456 g/mol. The minimum Gasteiger partial charge on any atom is -0.490 e. The van der Waals surface area contributed by atoms with Crippen molar-refractivity contribution in [3.63, 3.8) is 0 Å². The van der Waals surface area contributed by atoms with Crippen LogP contribution in [-0.2, 0) is 14.9 Å². The normalized spacial score (nSPS) is 15.6. The van der Waals surface area contributed by atoms with Gasteiger partial charge in [0.15, 0.2) is 5.75 Å². The van der Waals surface area contributed by atoms with E-state index in [4.69, 9.17) is 32.7 Å². The molecule has 0 spiro atoms. The number of nitrogens with one attached hydrogen (secondary N) is 1. The number of rotatable bonds is 6. The lowest BCUT2D eigenvalue weighted by Gasteiger charge is -2.14. The summed E-state index contributed by atoms with van der Waals surface area (Å²) in [7, 11) is -4.09. The van der Waals surface area contributed by atoms with Crippen LogP contribution in [0.4, 0.5) is 0 Å². The van der Waals surface area contributed by atoms with Crippen molar-refractivity contribution >= 4 is 62.0 Å². The molecule has 0 radical (unpaired) electrons. The fourth-order valence-electron chi connectivity index (χ4n) is 2.33. The Morgan fingerprint density at radius 1 is 1.25 bits per heavy atom. The van der Waals surface area contributed by atoms with Gasteiger partial charge in [-0.2, -0.15) is 8.42 Å². The van der Waals surface area contributed by atoms with Crippen molar-refractivity contribution in [1.29, 1.82) is 0 Å². The summed E-state index contributed by atoms with van der Waals surface area (Å²) in [5.41, 5.74) is 0.542. The van der Waals surface area contributed by atoms with Crippen molar-refractivity contribution in [2.75, 3.05) is 6.61 Å². The highest BCUT2D eigenvalue weighted by Gasteiger charge is 2.24. The number of benzene rings is 2. The van der Waals surface area contributed by atoms with Crippen LogP contribution < -0.4 is 14.2 Å². The van der Waals surface area contributed by atoms with Gasteiger partial charge in [0.1, 0.15) is 9.22 Å². The Kier molecular flexibility index (Phi) is 6.29. The largest absolute Gasteiger partial charge is 0.490 e. The smallest absolute Gasteiger partial charge is 0.339 e. The minimum atomic E-state index is -4.09. The lowest BCUT2D eigenvalue weighted by atomic mass is 10.2. The minimum absolute atomic E-state index is 0.00718. The Morgan fingerprint density at radius 2 is 1.96 bits per heavy atom. The molecule has 6 nitrogen and oxygen atoms in total. The highest BCUT2D eigenvalue weighted by molar-refractivity contribution is 8.26. The summed E-state index contributed by atoms with van der Waals surface area (Å²) in [4.78, 5) is 12.2. The molecule has 1 aliphatic heterocycles. The summed E-state index contributed by atoms with van der Waals surface area (Å²) in [6.07, 6.45) is 1.59. The molecule has 0 aromatic heterocycles. The number of carbonyl (C=O) groups excluding carboxylic acids is 1. The first kappa shape index (κ1) is 20.7. The zero-order chi connectivity index (χ0) is 20.3. The van der Waals surface area contributed by atoms with Crippen molar-refractivity contribution in [3.8, 4) is 11.5 Å². The second kappa shape index (κ2) is 8.52. The standard InChI is InChI=1S/C18H14ClNO5S3/c1-2-24-14-9-11(10-15-17(21)20-18(26)27-15)8-13(19)16(14)25-28(22,23)12-6-4-3-5-7-12/h3-10H,2H2,1H3,(H,20,21,26). The maximum Gasteiger partial charge on any atom is 0.339 e. The van der Waals surface area contributed by atoms with Gasteiger partial charge in [0.25, 0.3) is 5.91 Å². The summed E-state index contributed by atoms with van der Waals surface area (Å²) in [5.74, 6) is -0.281. The SMILES string of the molecule is CCOc1cc(C=C2SC(=S)NC2=O)cc(Cl)c1OS(=O)(=O)c1ccccc1. The molecule has 2 aromatic carbocycles. The van der Waals surface area contributed by atoms with E-state index < -0.39 is 10.1 Å². The van der Waals surface area contributed by atoms with E-state index >= 15 is 0 Å². The van der Waals surface area contributed by atoms with E-state index in [-0.39, 0.29) is 33.9 Å². The first-order valence-electron chi connectivity index (χ1n) is 8.01. The predicted molar refractivity (Wildman–Crippen MR) is 113 cm³/mol. The number of amides is 1. The number of ether oxygens (including phenoxy) is 1. The van der Waals surface area contributed by atoms with Crippen LogP contribution in [0.2, 0.25) is 5.02 Å². The molecule has 0 unspecified atom stereocenters. The van der Waals surface area contributed by atoms with Gasteiger partial charge in [0.2, 0.25) is 5.75 Å². The third-order valence-electron chi connectivity index (χ3n) is 3.50. The molecular weight excluding hydrogens is 442 g/mol. The molecule has 0 saturated carbocycles. The lowest BCUT2D eigenvalue weighted by Crippen LogP contribution is -2.17. The number of hydrogen-bond donors (Lipinski definition) is 1. The van der Waals surface area contributed by atoms with Gasteiger partial charge in [-0.05, 0) is 42.8 Å². The molecule has 3 rings (SSSR count).